The summed E-state index contributed by atoms with van der Waals surface area (Å²) >= 11 is 6.08. The maximum atomic E-state index is 14.9. The summed E-state index contributed by atoms with van der Waals surface area (Å²) in [5, 5.41) is 0.540. The zero-order valence-corrected chi connectivity index (χ0v) is 19.0. The Morgan fingerprint density at radius 1 is 0.970 bits per heavy atom. The second-order valence-electron chi connectivity index (χ2n) is 7.85. The number of ketones is 1. The topological polar surface area (TPSA) is 43.4 Å². The zero-order valence-electron chi connectivity index (χ0n) is 18.3. The molecule has 3 aromatic carbocycles. The predicted molar refractivity (Wildman–Crippen MR) is 128 cm³/mol. The molecule has 0 fully saturated rings. The molecule has 0 N–H and O–H groups in total. The molecule has 0 aliphatic carbocycles. The minimum absolute atomic E-state index is 0.0755. The number of aryl methyl sites for hydroxylation is 1. The Morgan fingerprint density at radius 3 is 2.27 bits per heavy atom. The third kappa shape index (κ3) is 6.54. The average molecular weight is 463 g/mol. The highest BCUT2D eigenvalue weighted by atomic mass is 35.5. The van der Waals surface area contributed by atoms with E-state index in [4.69, 9.17) is 22.8 Å². The smallest absolute Gasteiger partial charge is 0.307 e. The minimum atomic E-state index is -0.646. The molecule has 3 nitrogen and oxygen atoms in total. The molecular weight excluding hydrogens is 439 g/mol. The molecule has 0 saturated carbocycles. The van der Waals surface area contributed by atoms with Gasteiger partial charge in [0.25, 0.3) is 0 Å². The van der Waals surface area contributed by atoms with Crippen molar-refractivity contribution in [1.82, 2.24) is 0 Å². The summed E-state index contributed by atoms with van der Waals surface area (Å²) in [4.78, 5) is 25.8. The van der Waals surface area contributed by atoms with E-state index in [0.717, 1.165) is 11.1 Å². The molecule has 0 radical (unpaired) electrons. The average Bonchev–Trinajstić information content (AvgIpc) is 2.81. The number of Topliss-reactive ketones (excluding diaryl/α,β-unsaturated/α-hetero) is 1. The van der Waals surface area contributed by atoms with Crippen LogP contribution in [0, 0.1) is 25.1 Å². The summed E-state index contributed by atoms with van der Waals surface area (Å²) in [5.41, 5.74) is 2.72. The van der Waals surface area contributed by atoms with Crippen LogP contribution in [0.2, 0.25) is 5.02 Å². The van der Waals surface area contributed by atoms with Gasteiger partial charge in [-0.15, -0.1) is 6.42 Å². The van der Waals surface area contributed by atoms with E-state index in [9.17, 15) is 14.0 Å². The number of hydrogen-bond donors (Lipinski definition) is 0. The van der Waals surface area contributed by atoms with E-state index >= 15 is 0 Å². The highest BCUT2D eigenvalue weighted by molar-refractivity contribution is 6.30. The molecular formula is C28H24ClFO3. The molecule has 168 valence electrons. The number of ether oxygens (including phenoxy) is 1. The first-order valence-corrected chi connectivity index (χ1v) is 11.0. The second kappa shape index (κ2) is 11.4. The van der Waals surface area contributed by atoms with Crippen molar-refractivity contribution in [3.05, 3.63) is 106 Å². The first-order valence-electron chi connectivity index (χ1n) is 10.6. The molecule has 0 unspecified atom stereocenters. The van der Waals surface area contributed by atoms with Gasteiger partial charge in [-0.2, -0.15) is 0 Å². The number of hydrogen-bond acceptors (Lipinski definition) is 3. The van der Waals surface area contributed by atoms with Crippen molar-refractivity contribution in [2.45, 2.75) is 31.6 Å². The van der Waals surface area contributed by atoms with Crippen LogP contribution < -0.4 is 0 Å². The van der Waals surface area contributed by atoms with E-state index in [1.54, 1.807) is 54.6 Å². The molecule has 2 atom stereocenters. The van der Waals surface area contributed by atoms with Gasteiger partial charge in [0.1, 0.15) is 5.82 Å². The van der Waals surface area contributed by atoms with Gasteiger partial charge >= 0.3 is 5.97 Å². The molecule has 0 bridgehead atoms. The molecule has 0 spiro atoms. The van der Waals surface area contributed by atoms with Gasteiger partial charge in [-0.05, 0) is 42.2 Å². The quantitative estimate of drug-likeness (QED) is 0.207. The lowest BCUT2D eigenvalue weighted by molar-refractivity contribution is -0.142. The molecule has 0 aliphatic rings. The van der Waals surface area contributed by atoms with E-state index in [1.807, 2.05) is 19.1 Å². The zero-order chi connectivity index (χ0) is 23.8. The molecule has 33 heavy (non-hydrogen) atoms. The molecule has 0 aliphatic heterocycles. The largest absolute Gasteiger partial charge is 0.452 e. The van der Waals surface area contributed by atoms with Crippen molar-refractivity contribution in [3.63, 3.8) is 0 Å². The van der Waals surface area contributed by atoms with Crippen molar-refractivity contribution < 1.29 is 18.7 Å². The molecule has 0 amide bonds. The summed E-state index contributed by atoms with van der Waals surface area (Å²) in [5.74, 6) is 0.0158. The Hall–Kier alpha value is -3.42. The van der Waals surface area contributed by atoms with Crippen molar-refractivity contribution >= 4 is 23.4 Å². The van der Waals surface area contributed by atoms with Crippen LogP contribution in [-0.4, -0.2) is 18.4 Å². The minimum Gasteiger partial charge on any atom is -0.452 e. The summed E-state index contributed by atoms with van der Waals surface area (Å²) in [6.45, 7) is 1.78. The van der Waals surface area contributed by atoms with E-state index < -0.39 is 23.6 Å². The lowest BCUT2D eigenvalue weighted by Crippen LogP contribution is -2.21. The Kier molecular flexibility index (Phi) is 8.40. The third-order valence-corrected chi connectivity index (χ3v) is 5.82. The standard InChI is InChI=1S/C28H24ClFO3/c1-3-16-33-28(32)18-25(23-6-4-5-7-26(23)30)24(20-12-14-22(29)15-13-20)17-27(31)21-10-8-19(2)9-11-21/h1,4-15,24-25H,16-18H2,2H3/t24-,25+/m1/s1. The molecule has 0 saturated heterocycles. The fraction of sp³-hybridized carbons (Fsp3) is 0.214. The van der Waals surface area contributed by atoms with Gasteiger partial charge in [0.05, 0.1) is 6.42 Å². The number of terminal acetylenes is 1. The Bertz CT molecular complexity index is 1150. The fourth-order valence-corrected chi connectivity index (χ4v) is 3.99. The number of esters is 1. The van der Waals surface area contributed by atoms with Crippen LogP contribution in [0.5, 0.6) is 0 Å². The Morgan fingerprint density at radius 2 is 1.64 bits per heavy atom. The van der Waals surface area contributed by atoms with Gasteiger partial charge in [0.2, 0.25) is 0 Å². The van der Waals surface area contributed by atoms with Gasteiger partial charge < -0.3 is 4.74 Å². The highest BCUT2D eigenvalue weighted by Crippen LogP contribution is 2.40. The number of rotatable bonds is 9. The fourth-order valence-electron chi connectivity index (χ4n) is 3.86. The van der Waals surface area contributed by atoms with E-state index in [-0.39, 0.29) is 25.2 Å². The third-order valence-electron chi connectivity index (χ3n) is 5.57. The van der Waals surface area contributed by atoms with Crippen LogP contribution >= 0.6 is 11.6 Å². The monoisotopic (exact) mass is 462 g/mol. The number of carbonyl (C=O) groups excluding carboxylic acids is 2. The molecule has 5 heteroatoms. The first kappa shape index (κ1) is 24.2. The van der Waals surface area contributed by atoms with Gasteiger partial charge in [-0.25, -0.2) is 4.39 Å². The molecule has 3 rings (SSSR count). The van der Waals surface area contributed by atoms with Crippen LogP contribution in [0.4, 0.5) is 4.39 Å². The summed E-state index contributed by atoms with van der Waals surface area (Å²) in [6.07, 6.45) is 5.15. The van der Waals surface area contributed by atoms with Crippen molar-refractivity contribution in [2.24, 2.45) is 0 Å². The van der Waals surface area contributed by atoms with E-state index in [2.05, 4.69) is 5.92 Å². The highest BCUT2D eigenvalue weighted by Gasteiger charge is 2.31. The molecule has 0 aromatic heterocycles. The van der Waals surface area contributed by atoms with Crippen LogP contribution in [0.3, 0.4) is 0 Å². The van der Waals surface area contributed by atoms with Crippen LogP contribution in [-0.2, 0) is 9.53 Å². The second-order valence-corrected chi connectivity index (χ2v) is 8.28. The van der Waals surface area contributed by atoms with Gasteiger partial charge in [-0.1, -0.05) is 77.7 Å². The first-order chi connectivity index (χ1) is 15.9. The van der Waals surface area contributed by atoms with Crippen LogP contribution in [0.15, 0.2) is 72.8 Å². The van der Waals surface area contributed by atoms with Gasteiger partial charge in [-0.3, -0.25) is 9.59 Å². The summed E-state index contributed by atoms with van der Waals surface area (Å²) in [6, 6.07) is 20.6. The SMILES string of the molecule is C#CCOC(=O)C[C@@H](c1ccccc1F)[C@H](CC(=O)c1ccc(C)cc1)c1ccc(Cl)cc1. The Labute approximate surface area is 198 Å². The summed E-state index contributed by atoms with van der Waals surface area (Å²) in [7, 11) is 0. The maximum absolute atomic E-state index is 14.9. The normalized spacial score (nSPS) is 12.4. The molecule has 0 heterocycles. The van der Waals surface area contributed by atoms with Crippen LogP contribution in [0.1, 0.15) is 51.7 Å². The van der Waals surface area contributed by atoms with Gasteiger partial charge in [0, 0.05) is 22.9 Å². The number of carbonyl (C=O) groups is 2. The lowest BCUT2D eigenvalue weighted by atomic mass is 9.76. The van der Waals surface area contributed by atoms with Crippen LogP contribution in [0.25, 0.3) is 0 Å². The molecule has 3 aromatic rings. The maximum Gasteiger partial charge on any atom is 0.307 e. The van der Waals surface area contributed by atoms with Crippen molar-refractivity contribution in [2.75, 3.05) is 6.61 Å². The predicted octanol–water partition coefficient (Wildman–Crippen LogP) is 6.49. The summed E-state index contributed by atoms with van der Waals surface area (Å²) < 4.78 is 20.0. The van der Waals surface area contributed by atoms with Gasteiger partial charge in [0.15, 0.2) is 12.4 Å². The van der Waals surface area contributed by atoms with E-state index in [1.165, 1.54) is 6.07 Å². The number of benzene rings is 3. The Balaban J connectivity index is 2.04. The van der Waals surface area contributed by atoms with E-state index in [0.29, 0.717) is 16.1 Å². The lowest BCUT2D eigenvalue weighted by Gasteiger charge is -2.28. The van der Waals surface area contributed by atoms with Crippen molar-refractivity contribution in [1.29, 1.82) is 0 Å². The van der Waals surface area contributed by atoms with Crippen molar-refractivity contribution in [3.8, 4) is 12.3 Å². The number of halogens is 2.